The zero-order chi connectivity index (χ0) is 28.2. The van der Waals surface area contributed by atoms with Crippen LogP contribution in [0.25, 0.3) is 5.69 Å². The van der Waals surface area contributed by atoms with Crippen LogP contribution in [0.2, 0.25) is 0 Å². The van der Waals surface area contributed by atoms with Gasteiger partial charge in [-0.05, 0) is 65.5 Å². The van der Waals surface area contributed by atoms with Crippen molar-refractivity contribution >= 4 is 23.4 Å². The molecule has 3 aromatic rings. The highest BCUT2D eigenvalue weighted by Gasteiger charge is 2.37. The van der Waals surface area contributed by atoms with Gasteiger partial charge in [0.25, 0.3) is 0 Å². The van der Waals surface area contributed by atoms with Crippen molar-refractivity contribution in [2.45, 2.75) is 65.1 Å². The number of nitrogens with one attached hydrogen (secondary N) is 3. The molecule has 13 heteroatoms. The molecule has 1 fully saturated rings. The first-order chi connectivity index (χ1) is 18.6. The number of halogens is 1. The third-order valence-electron chi connectivity index (χ3n) is 5.86. The number of pyridine rings is 2. The van der Waals surface area contributed by atoms with E-state index in [4.69, 9.17) is 9.47 Å². The lowest BCUT2D eigenvalue weighted by Crippen LogP contribution is -2.47. The molecule has 206 valence electrons. The maximum atomic E-state index is 15.1. The number of carbonyl (C=O) groups is 1. The molecule has 39 heavy (non-hydrogen) atoms. The van der Waals surface area contributed by atoms with Crippen LogP contribution in [0, 0.1) is 23.1 Å². The van der Waals surface area contributed by atoms with Crippen molar-refractivity contribution in [1.82, 2.24) is 30.3 Å². The van der Waals surface area contributed by atoms with Crippen LogP contribution in [0.5, 0.6) is 5.88 Å². The van der Waals surface area contributed by atoms with Gasteiger partial charge in [0.15, 0.2) is 17.5 Å². The summed E-state index contributed by atoms with van der Waals surface area (Å²) < 4.78 is 27.5. The molecule has 12 nitrogen and oxygen atoms in total. The molecule has 0 radical (unpaired) electrons. The largest absolute Gasteiger partial charge is 0.476 e. The fraction of sp³-hybridized carbons (Fsp3) is 0.462. The Balaban J connectivity index is 1.58. The summed E-state index contributed by atoms with van der Waals surface area (Å²) in [6.07, 6.45) is 6.01. The Morgan fingerprint density at radius 3 is 2.69 bits per heavy atom. The third-order valence-corrected chi connectivity index (χ3v) is 5.86. The molecular formula is C26H32FN9O3. The number of hydrogen-bond donors (Lipinski definition) is 3. The minimum Gasteiger partial charge on any atom is -0.476 e. The predicted molar refractivity (Wildman–Crippen MR) is 141 cm³/mol. The Kier molecular flexibility index (Phi) is 8.13. The SMILES string of the molecule is CCOc1ncc(Nc2nc(N[C@H](C3CC3)[C@H](C)NC(=O)OC(C)(C)C)c(F)cc2C#N)cc1-n1ccnn1. The van der Waals surface area contributed by atoms with E-state index in [1.807, 2.05) is 19.9 Å². The molecule has 1 aliphatic carbocycles. The topological polar surface area (TPSA) is 152 Å². The van der Waals surface area contributed by atoms with Gasteiger partial charge < -0.3 is 25.4 Å². The minimum atomic E-state index is -0.680. The van der Waals surface area contributed by atoms with Crippen molar-refractivity contribution < 1.29 is 18.7 Å². The lowest BCUT2D eigenvalue weighted by atomic mass is 10.0. The lowest BCUT2D eigenvalue weighted by Gasteiger charge is -2.28. The summed E-state index contributed by atoms with van der Waals surface area (Å²) in [4.78, 5) is 21.1. The molecule has 0 aromatic carbocycles. The zero-order valence-electron chi connectivity index (χ0n) is 22.5. The Morgan fingerprint density at radius 2 is 2.08 bits per heavy atom. The summed E-state index contributed by atoms with van der Waals surface area (Å²) in [5, 5.41) is 26.5. The Hall–Kier alpha value is -4.47. The molecule has 0 aliphatic heterocycles. The maximum absolute atomic E-state index is 15.1. The number of nitriles is 1. The van der Waals surface area contributed by atoms with Crippen molar-refractivity contribution in [2.75, 3.05) is 17.2 Å². The van der Waals surface area contributed by atoms with Gasteiger partial charge in [0.05, 0.1) is 42.5 Å². The van der Waals surface area contributed by atoms with Crippen molar-refractivity contribution in [1.29, 1.82) is 5.26 Å². The number of anilines is 3. The van der Waals surface area contributed by atoms with Gasteiger partial charge in [0.1, 0.15) is 17.4 Å². The van der Waals surface area contributed by atoms with Crippen LogP contribution in [0.3, 0.4) is 0 Å². The van der Waals surface area contributed by atoms with E-state index in [2.05, 4.69) is 36.2 Å². The van der Waals surface area contributed by atoms with Crippen LogP contribution in [-0.2, 0) is 4.74 Å². The van der Waals surface area contributed by atoms with Gasteiger partial charge in [-0.25, -0.2) is 23.8 Å². The molecule has 0 saturated heterocycles. The molecule has 0 spiro atoms. The quantitative estimate of drug-likeness (QED) is 0.341. The Labute approximate surface area is 225 Å². The zero-order valence-corrected chi connectivity index (χ0v) is 22.5. The summed E-state index contributed by atoms with van der Waals surface area (Å²) in [7, 11) is 0. The molecule has 0 unspecified atom stereocenters. The second-order valence-corrected chi connectivity index (χ2v) is 10.2. The van der Waals surface area contributed by atoms with Gasteiger partial charge in [-0.1, -0.05) is 5.21 Å². The fourth-order valence-corrected chi connectivity index (χ4v) is 4.01. The Morgan fingerprint density at radius 1 is 1.31 bits per heavy atom. The van der Waals surface area contributed by atoms with E-state index in [1.165, 1.54) is 17.1 Å². The van der Waals surface area contributed by atoms with Crippen LogP contribution >= 0.6 is 0 Å². The summed E-state index contributed by atoms with van der Waals surface area (Å²) in [6.45, 7) is 9.43. The van der Waals surface area contributed by atoms with E-state index in [0.29, 0.717) is 23.9 Å². The Bertz CT molecular complexity index is 1350. The van der Waals surface area contributed by atoms with E-state index in [9.17, 15) is 10.1 Å². The first kappa shape index (κ1) is 27.6. The van der Waals surface area contributed by atoms with Crippen LogP contribution in [-0.4, -0.2) is 55.3 Å². The third kappa shape index (κ3) is 7.10. The average molecular weight is 538 g/mol. The van der Waals surface area contributed by atoms with Crippen molar-refractivity contribution in [2.24, 2.45) is 5.92 Å². The summed E-state index contributed by atoms with van der Waals surface area (Å²) in [5.41, 5.74) is 0.368. The number of hydrogen-bond acceptors (Lipinski definition) is 10. The van der Waals surface area contributed by atoms with Gasteiger partial charge in [0.2, 0.25) is 5.88 Å². The number of aromatic nitrogens is 5. The van der Waals surface area contributed by atoms with Gasteiger partial charge in [-0.15, -0.1) is 5.10 Å². The molecule has 4 rings (SSSR count). The van der Waals surface area contributed by atoms with E-state index < -0.39 is 17.5 Å². The monoisotopic (exact) mass is 537 g/mol. The van der Waals surface area contributed by atoms with Gasteiger partial charge in [-0.2, -0.15) is 5.26 Å². The molecule has 2 atom stereocenters. The number of ether oxygens (including phenoxy) is 2. The highest BCUT2D eigenvalue weighted by atomic mass is 19.1. The standard InChI is InChI=1S/C26H32FN9O3/c1-6-38-24-20(36-10-9-30-35-36)12-18(14-29-24)32-22-17(13-28)11-19(27)23(34-22)33-21(16-7-8-16)15(2)31-25(37)39-26(3,4)5/h9-12,14-16,21H,6-8H2,1-5H3,(H,31,37)(H2,32,33,34)/t15-,21-/m0/s1. The average Bonchev–Trinajstić information content (AvgIpc) is 3.55. The van der Waals surface area contributed by atoms with Crippen LogP contribution in [0.1, 0.15) is 53.0 Å². The predicted octanol–water partition coefficient (Wildman–Crippen LogP) is 4.31. The van der Waals surface area contributed by atoms with Crippen LogP contribution in [0.4, 0.5) is 26.5 Å². The molecule has 1 amide bonds. The maximum Gasteiger partial charge on any atom is 0.407 e. The highest BCUT2D eigenvalue weighted by molar-refractivity contribution is 5.69. The number of amides is 1. The van der Waals surface area contributed by atoms with Crippen LogP contribution in [0.15, 0.2) is 30.7 Å². The summed E-state index contributed by atoms with van der Waals surface area (Å²) >= 11 is 0. The molecule has 0 bridgehead atoms. The second-order valence-electron chi connectivity index (χ2n) is 10.2. The second kappa shape index (κ2) is 11.5. The summed E-state index contributed by atoms with van der Waals surface area (Å²) in [6, 6.07) is 4.14. The van der Waals surface area contributed by atoms with E-state index in [0.717, 1.165) is 18.9 Å². The van der Waals surface area contributed by atoms with Gasteiger partial charge in [0, 0.05) is 6.04 Å². The van der Waals surface area contributed by atoms with E-state index in [-0.39, 0.29) is 35.2 Å². The first-order valence-corrected chi connectivity index (χ1v) is 12.7. The smallest absolute Gasteiger partial charge is 0.407 e. The summed E-state index contributed by atoms with van der Waals surface area (Å²) in [5.74, 6) is -0.00728. The molecular weight excluding hydrogens is 505 g/mol. The van der Waals surface area contributed by atoms with Crippen molar-refractivity contribution in [3.63, 3.8) is 0 Å². The normalized spacial score (nSPS) is 14.6. The number of nitrogens with zero attached hydrogens (tertiary/aromatic N) is 6. The minimum absolute atomic E-state index is 0.0112. The van der Waals surface area contributed by atoms with E-state index in [1.54, 1.807) is 33.0 Å². The fourth-order valence-electron chi connectivity index (χ4n) is 4.01. The number of rotatable bonds is 10. The van der Waals surface area contributed by atoms with E-state index >= 15 is 4.39 Å². The highest BCUT2D eigenvalue weighted by Crippen LogP contribution is 2.36. The molecule has 1 saturated carbocycles. The number of alkyl carbamates (subject to hydrolysis) is 1. The lowest BCUT2D eigenvalue weighted by molar-refractivity contribution is 0.0501. The molecule has 3 N–H and O–H groups in total. The first-order valence-electron chi connectivity index (χ1n) is 12.7. The molecule has 3 aromatic heterocycles. The number of carbonyl (C=O) groups excluding carboxylic acids is 1. The molecule has 3 heterocycles. The molecule has 1 aliphatic rings. The van der Waals surface area contributed by atoms with Crippen molar-refractivity contribution in [3.8, 4) is 17.6 Å². The van der Waals surface area contributed by atoms with Gasteiger partial charge in [-0.3, -0.25) is 0 Å². The van der Waals surface area contributed by atoms with Gasteiger partial charge >= 0.3 is 6.09 Å². The van der Waals surface area contributed by atoms with Crippen LogP contribution < -0.4 is 20.7 Å². The van der Waals surface area contributed by atoms with Crippen molar-refractivity contribution in [3.05, 3.63) is 42.1 Å².